The molecule has 2 rings (SSSR count). The Bertz CT molecular complexity index is 832. The average Bonchev–Trinajstić information content (AvgIpc) is 2.65. The van der Waals surface area contributed by atoms with Crippen LogP contribution in [0.4, 0.5) is 0 Å². The van der Waals surface area contributed by atoms with Gasteiger partial charge in [0.2, 0.25) is 5.91 Å². The van der Waals surface area contributed by atoms with Crippen molar-refractivity contribution in [3.05, 3.63) is 64.7 Å². The number of carbonyl (C=O) groups excluding carboxylic acids is 2. The normalized spacial score (nSPS) is 11.6. The van der Waals surface area contributed by atoms with Gasteiger partial charge in [0.1, 0.15) is 11.8 Å². The van der Waals surface area contributed by atoms with Crippen LogP contribution in [0.1, 0.15) is 36.1 Å². The lowest BCUT2D eigenvalue weighted by molar-refractivity contribution is -0.142. The second-order valence-corrected chi connectivity index (χ2v) is 7.14. The Labute approximate surface area is 167 Å². The fourth-order valence-electron chi connectivity index (χ4n) is 3.10. The summed E-state index contributed by atoms with van der Waals surface area (Å²) < 4.78 is 5.76. The van der Waals surface area contributed by atoms with Crippen molar-refractivity contribution in [2.75, 3.05) is 13.2 Å². The molecule has 1 atom stereocenters. The summed E-state index contributed by atoms with van der Waals surface area (Å²) in [4.78, 5) is 26.9. The lowest BCUT2D eigenvalue weighted by Crippen LogP contribution is -2.49. The average molecular weight is 383 g/mol. The van der Waals surface area contributed by atoms with Gasteiger partial charge >= 0.3 is 0 Å². The summed E-state index contributed by atoms with van der Waals surface area (Å²) >= 11 is 0. The van der Waals surface area contributed by atoms with Crippen molar-refractivity contribution in [3.63, 3.8) is 0 Å². The van der Waals surface area contributed by atoms with E-state index in [-0.39, 0.29) is 18.4 Å². The van der Waals surface area contributed by atoms with Gasteiger partial charge in [0.05, 0.1) is 0 Å². The molecule has 0 heterocycles. The molecule has 2 amide bonds. The number of nitrogens with one attached hydrogen (secondary N) is 1. The second-order valence-electron chi connectivity index (χ2n) is 7.14. The standard InChI is InChI=1S/C23H30N2O3/c1-6-24-23(27)19(5)25(14-20-9-7-8-16(2)13-20)22(26)15-28-21-11-10-17(3)12-18(21)4/h7-13,19H,6,14-15H2,1-5H3,(H,24,27). The Hall–Kier alpha value is -2.82. The van der Waals surface area contributed by atoms with Crippen LogP contribution in [0, 0.1) is 20.8 Å². The topological polar surface area (TPSA) is 58.6 Å². The predicted octanol–water partition coefficient (Wildman–Crippen LogP) is 3.54. The molecule has 5 nitrogen and oxygen atoms in total. The quantitative estimate of drug-likeness (QED) is 0.760. The van der Waals surface area contributed by atoms with Gasteiger partial charge in [-0.2, -0.15) is 0 Å². The predicted molar refractivity (Wildman–Crippen MR) is 111 cm³/mol. The third-order valence-electron chi connectivity index (χ3n) is 4.64. The van der Waals surface area contributed by atoms with Gasteiger partial charge in [-0.1, -0.05) is 47.5 Å². The molecule has 2 aromatic rings. The first-order valence-corrected chi connectivity index (χ1v) is 9.64. The largest absolute Gasteiger partial charge is 0.483 e. The Morgan fingerprint density at radius 2 is 1.79 bits per heavy atom. The molecule has 5 heteroatoms. The van der Waals surface area contributed by atoms with E-state index >= 15 is 0 Å². The Morgan fingerprint density at radius 3 is 2.43 bits per heavy atom. The minimum Gasteiger partial charge on any atom is -0.483 e. The van der Waals surface area contributed by atoms with E-state index in [9.17, 15) is 9.59 Å². The van der Waals surface area contributed by atoms with Gasteiger partial charge in [-0.15, -0.1) is 0 Å². The number of rotatable bonds is 8. The minimum atomic E-state index is -0.587. The third kappa shape index (κ3) is 5.84. The van der Waals surface area contributed by atoms with Gasteiger partial charge in [-0.3, -0.25) is 9.59 Å². The maximum Gasteiger partial charge on any atom is 0.261 e. The molecule has 0 saturated heterocycles. The molecular weight excluding hydrogens is 352 g/mol. The van der Waals surface area contributed by atoms with Crippen LogP contribution in [0.3, 0.4) is 0 Å². The van der Waals surface area contributed by atoms with Crippen LogP contribution in [-0.4, -0.2) is 35.9 Å². The zero-order chi connectivity index (χ0) is 20.7. The first kappa shape index (κ1) is 21.5. The van der Waals surface area contributed by atoms with Gasteiger partial charge < -0.3 is 15.0 Å². The number of hydrogen-bond acceptors (Lipinski definition) is 3. The summed E-state index contributed by atoms with van der Waals surface area (Å²) in [5.41, 5.74) is 4.22. The van der Waals surface area contributed by atoms with Crippen LogP contribution >= 0.6 is 0 Å². The number of amides is 2. The number of nitrogens with zero attached hydrogens (tertiary/aromatic N) is 1. The molecular formula is C23H30N2O3. The van der Waals surface area contributed by atoms with E-state index in [1.54, 1.807) is 11.8 Å². The zero-order valence-corrected chi connectivity index (χ0v) is 17.4. The molecule has 0 aromatic heterocycles. The van der Waals surface area contributed by atoms with Crippen LogP contribution in [0.15, 0.2) is 42.5 Å². The molecule has 0 saturated carbocycles. The highest BCUT2D eigenvalue weighted by molar-refractivity contribution is 5.87. The van der Waals surface area contributed by atoms with Gasteiger partial charge in [-0.05, 0) is 51.8 Å². The van der Waals surface area contributed by atoms with E-state index in [1.807, 2.05) is 70.2 Å². The molecule has 0 aliphatic heterocycles. The highest BCUT2D eigenvalue weighted by Gasteiger charge is 2.26. The summed E-state index contributed by atoms with van der Waals surface area (Å²) in [5, 5.41) is 2.79. The fourth-order valence-corrected chi connectivity index (χ4v) is 3.10. The van der Waals surface area contributed by atoms with Crippen LogP contribution in [0.2, 0.25) is 0 Å². The molecule has 150 valence electrons. The summed E-state index contributed by atoms with van der Waals surface area (Å²) in [7, 11) is 0. The van der Waals surface area contributed by atoms with E-state index < -0.39 is 6.04 Å². The summed E-state index contributed by atoms with van der Waals surface area (Å²) in [6.45, 7) is 10.3. The van der Waals surface area contributed by atoms with Gasteiger partial charge in [0.25, 0.3) is 5.91 Å². The van der Waals surface area contributed by atoms with Crippen molar-refractivity contribution in [2.24, 2.45) is 0 Å². The number of aryl methyl sites for hydroxylation is 3. The molecule has 0 bridgehead atoms. The summed E-state index contributed by atoms with van der Waals surface area (Å²) in [6, 6.07) is 13.2. The van der Waals surface area contributed by atoms with Gasteiger partial charge in [0, 0.05) is 13.1 Å². The highest BCUT2D eigenvalue weighted by Crippen LogP contribution is 2.19. The van der Waals surface area contributed by atoms with Crippen molar-refractivity contribution in [2.45, 2.75) is 47.2 Å². The van der Waals surface area contributed by atoms with E-state index in [1.165, 1.54) is 0 Å². The molecule has 2 aromatic carbocycles. The van der Waals surface area contributed by atoms with Gasteiger partial charge in [0.15, 0.2) is 6.61 Å². The first-order chi connectivity index (χ1) is 13.3. The van der Waals surface area contributed by atoms with E-state index in [0.29, 0.717) is 18.8 Å². The summed E-state index contributed by atoms with van der Waals surface area (Å²) in [6.07, 6.45) is 0. The highest BCUT2D eigenvalue weighted by atomic mass is 16.5. The number of ether oxygens (including phenoxy) is 1. The fraction of sp³-hybridized carbons (Fsp3) is 0.391. The SMILES string of the molecule is CCNC(=O)C(C)N(Cc1cccc(C)c1)C(=O)COc1ccc(C)cc1C. The molecule has 1 unspecified atom stereocenters. The Balaban J connectivity index is 2.16. The monoisotopic (exact) mass is 382 g/mol. The zero-order valence-electron chi connectivity index (χ0n) is 17.4. The smallest absolute Gasteiger partial charge is 0.261 e. The molecule has 0 fully saturated rings. The van der Waals surface area contributed by atoms with Crippen molar-refractivity contribution >= 4 is 11.8 Å². The van der Waals surface area contributed by atoms with Crippen molar-refractivity contribution in [3.8, 4) is 5.75 Å². The minimum absolute atomic E-state index is 0.112. The molecule has 28 heavy (non-hydrogen) atoms. The number of carbonyl (C=O) groups is 2. The van der Waals surface area contributed by atoms with Crippen LogP contribution in [0.25, 0.3) is 0 Å². The van der Waals surface area contributed by atoms with E-state index in [0.717, 1.165) is 22.3 Å². The van der Waals surface area contributed by atoms with E-state index in [2.05, 4.69) is 5.32 Å². The maximum absolute atomic E-state index is 13.0. The second kappa shape index (κ2) is 9.93. The van der Waals surface area contributed by atoms with Crippen LogP contribution < -0.4 is 10.1 Å². The molecule has 0 radical (unpaired) electrons. The third-order valence-corrected chi connectivity index (χ3v) is 4.64. The van der Waals surface area contributed by atoms with E-state index in [4.69, 9.17) is 4.74 Å². The first-order valence-electron chi connectivity index (χ1n) is 9.64. The van der Waals surface area contributed by atoms with Crippen molar-refractivity contribution in [1.29, 1.82) is 0 Å². The number of likely N-dealkylation sites (N-methyl/N-ethyl adjacent to an activating group) is 1. The maximum atomic E-state index is 13.0. The molecule has 1 N–H and O–H groups in total. The molecule has 0 spiro atoms. The Morgan fingerprint density at radius 1 is 1.07 bits per heavy atom. The molecule has 0 aliphatic carbocycles. The lowest BCUT2D eigenvalue weighted by Gasteiger charge is -2.28. The molecule has 0 aliphatic rings. The Kier molecular flexibility index (Phi) is 7.61. The van der Waals surface area contributed by atoms with Crippen molar-refractivity contribution < 1.29 is 14.3 Å². The van der Waals surface area contributed by atoms with Crippen LogP contribution in [-0.2, 0) is 16.1 Å². The number of hydrogen-bond donors (Lipinski definition) is 1. The van der Waals surface area contributed by atoms with Gasteiger partial charge in [-0.25, -0.2) is 0 Å². The summed E-state index contributed by atoms with van der Waals surface area (Å²) in [5.74, 6) is 0.287. The van der Waals surface area contributed by atoms with Crippen molar-refractivity contribution in [1.82, 2.24) is 10.2 Å². The van der Waals surface area contributed by atoms with Crippen LogP contribution in [0.5, 0.6) is 5.75 Å². The lowest BCUT2D eigenvalue weighted by atomic mass is 10.1. The number of benzene rings is 2.